The van der Waals surface area contributed by atoms with E-state index in [-0.39, 0.29) is 29.1 Å². The summed E-state index contributed by atoms with van der Waals surface area (Å²) in [5.74, 6) is -0.567. The third-order valence-electron chi connectivity index (χ3n) is 6.37. The minimum absolute atomic E-state index is 0.00545. The van der Waals surface area contributed by atoms with Gasteiger partial charge in [-0.1, -0.05) is 30.3 Å². The molecule has 7 nitrogen and oxygen atoms in total. The summed E-state index contributed by atoms with van der Waals surface area (Å²) in [7, 11) is 0. The SMILES string of the molecule is O=C(NCCNC(=O)C1CC(c2ccccc2)=CS1)c1ccc(OC2CCC(C(=O)O)CC2)cc1. The number of carboxylic acid groups (broad SMARTS) is 1. The second-order valence-electron chi connectivity index (χ2n) is 8.84. The molecule has 0 spiro atoms. The van der Waals surface area contributed by atoms with Crippen LogP contribution in [0.4, 0.5) is 0 Å². The Morgan fingerprint density at radius 2 is 1.60 bits per heavy atom. The van der Waals surface area contributed by atoms with Crippen molar-refractivity contribution in [3.05, 3.63) is 71.1 Å². The fourth-order valence-electron chi connectivity index (χ4n) is 4.34. The van der Waals surface area contributed by atoms with Crippen LogP contribution in [-0.2, 0) is 9.59 Å². The Balaban J connectivity index is 1.14. The highest BCUT2D eigenvalue weighted by molar-refractivity contribution is 8.03. The lowest BCUT2D eigenvalue weighted by Gasteiger charge is -2.26. The number of hydrogen-bond donors (Lipinski definition) is 3. The van der Waals surface area contributed by atoms with Gasteiger partial charge in [0, 0.05) is 18.7 Å². The van der Waals surface area contributed by atoms with Crippen molar-refractivity contribution >= 4 is 35.1 Å². The molecule has 4 rings (SSSR count). The molecule has 2 aromatic rings. The number of carboxylic acids is 1. The van der Waals surface area contributed by atoms with Gasteiger partial charge < -0.3 is 20.5 Å². The average Bonchev–Trinajstić information content (AvgIpc) is 3.38. The molecule has 8 heteroatoms. The molecule has 1 aliphatic carbocycles. The molecule has 184 valence electrons. The summed E-state index contributed by atoms with van der Waals surface area (Å²) < 4.78 is 5.95. The zero-order valence-electron chi connectivity index (χ0n) is 19.4. The summed E-state index contributed by atoms with van der Waals surface area (Å²) in [4.78, 5) is 35.9. The first kappa shape index (κ1) is 24.9. The zero-order valence-corrected chi connectivity index (χ0v) is 20.3. The van der Waals surface area contributed by atoms with Gasteiger partial charge in [0.15, 0.2) is 0 Å². The molecule has 0 radical (unpaired) electrons. The Morgan fingerprint density at radius 3 is 2.29 bits per heavy atom. The number of carbonyl (C=O) groups is 3. The van der Waals surface area contributed by atoms with Crippen LogP contribution in [0.2, 0.25) is 0 Å². The number of nitrogens with one attached hydrogen (secondary N) is 2. The lowest BCUT2D eigenvalue weighted by molar-refractivity contribution is -0.143. The van der Waals surface area contributed by atoms with Crippen molar-refractivity contribution < 1.29 is 24.2 Å². The Hall–Kier alpha value is -3.26. The molecule has 3 N–H and O–H groups in total. The Morgan fingerprint density at radius 1 is 0.914 bits per heavy atom. The van der Waals surface area contributed by atoms with Gasteiger partial charge in [0.1, 0.15) is 5.75 Å². The number of carbonyl (C=O) groups excluding carboxylic acids is 2. The van der Waals surface area contributed by atoms with Crippen LogP contribution >= 0.6 is 11.8 Å². The molecule has 1 unspecified atom stereocenters. The lowest BCUT2D eigenvalue weighted by atomic mass is 9.87. The van der Waals surface area contributed by atoms with Crippen LogP contribution in [0.5, 0.6) is 5.75 Å². The number of aliphatic carboxylic acids is 1. The highest BCUT2D eigenvalue weighted by atomic mass is 32.2. The van der Waals surface area contributed by atoms with E-state index in [4.69, 9.17) is 9.84 Å². The average molecular weight is 495 g/mol. The van der Waals surface area contributed by atoms with Crippen molar-refractivity contribution in [3.63, 3.8) is 0 Å². The maximum absolute atomic E-state index is 12.5. The monoisotopic (exact) mass is 494 g/mol. The van der Waals surface area contributed by atoms with E-state index in [2.05, 4.69) is 16.0 Å². The minimum Gasteiger partial charge on any atom is -0.490 e. The quantitative estimate of drug-likeness (QED) is 0.454. The molecule has 0 aromatic heterocycles. The molecule has 2 aromatic carbocycles. The first-order valence-corrected chi connectivity index (χ1v) is 12.9. The van der Waals surface area contributed by atoms with Gasteiger partial charge in [-0.05, 0) is 72.9 Å². The summed E-state index contributed by atoms with van der Waals surface area (Å²) in [5, 5.41) is 16.7. The number of amides is 2. The van der Waals surface area contributed by atoms with Crippen LogP contribution < -0.4 is 15.4 Å². The van der Waals surface area contributed by atoms with Crippen LogP contribution in [0.25, 0.3) is 5.57 Å². The van der Waals surface area contributed by atoms with Gasteiger partial charge in [-0.2, -0.15) is 0 Å². The first-order chi connectivity index (χ1) is 17.0. The Bertz CT molecular complexity index is 1060. The Labute approximate surface area is 209 Å². The van der Waals surface area contributed by atoms with Crippen molar-refractivity contribution in [2.24, 2.45) is 5.92 Å². The smallest absolute Gasteiger partial charge is 0.306 e. The maximum Gasteiger partial charge on any atom is 0.306 e. The topological polar surface area (TPSA) is 105 Å². The molecule has 35 heavy (non-hydrogen) atoms. The van der Waals surface area contributed by atoms with Gasteiger partial charge in [0.05, 0.1) is 17.3 Å². The minimum atomic E-state index is -0.731. The third-order valence-corrected chi connectivity index (χ3v) is 7.50. The molecule has 1 fully saturated rings. The van der Waals surface area contributed by atoms with Crippen LogP contribution in [0.3, 0.4) is 0 Å². The summed E-state index contributed by atoms with van der Waals surface area (Å²) >= 11 is 1.53. The maximum atomic E-state index is 12.5. The van der Waals surface area contributed by atoms with Crippen LogP contribution in [0.15, 0.2) is 60.0 Å². The van der Waals surface area contributed by atoms with Crippen molar-refractivity contribution in [3.8, 4) is 5.75 Å². The fourth-order valence-corrected chi connectivity index (χ4v) is 5.38. The molecule has 2 amide bonds. The molecular weight excluding hydrogens is 464 g/mol. The Kier molecular flexibility index (Phi) is 8.47. The summed E-state index contributed by atoms with van der Waals surface area (Å²) in [6.07, 6.45) is 3.39. The van der Waals surface area contributed by atoms with Crippen LogP contribution in [0.1, 0.15) is 48.0 Å². The highest BCUT2D eigenvalue weighted by Crippen LogP contribution is 2.36. The molecule has 0 bridgehead atoms. The molecule has 2 aliphatic rings. The normalized spacial score (nSPS) is 21.6. The number of rotatable bonds is 9. The number of ether oxygens (including phenoxy) is 1. The lowest BCUT2D eigenvalue weighted by Crippen LogP contribution is -2.38. The van der Waals surface area contributed by atoms with Gasteiger partial charge in [-0.25, -0.2) is 0 Å². The van der Waals surface area contributed by atoms with Gasteiger partial charge >= 0.3 is 5.97 Å². The molecule has 1 heterocycles. The predicted molar refractivity (Wildman–Crippen MR) is 136 cm³/mol. The van der Waals surface area contributed by atoms with E-state index in [1.807, 2.05) is 30.3 Å². The van der Waals surface area contributed by atoms with Crippen molar-refractivity contribution in [2.75, 3.05) is 13.1 Å². The van der Waals surface area contributed by atoms with E-state index in [1.165, 1.54) is 17.3 Å². The molecule has 1 aliphatic heterocycles. The predicted octanol–water partition coefficient (Wildman–Crippen LogP) is 4.10. The third kappa shape index (κ3) is 6.88. The van der Waals surface area contributed by atoms with Crippen LogP contribution in [-0.4, -0.2) is 47.3 Å². The van der Waals surface area contributed by atoms with E-state index in [9.17, 15) is 14.4 Å². The zero-order chi connectivity index (χ0) is 24.6. The number of hydrogen-bond acceptors (Lipinski definition) is 5. The van der Waals surface area contributed by atoms with E-state index >= 15 is 0 Å². The summed E-state index contributed by atoms with van der Waals surface area (Å²) in [6.45, 7) is 0.703. The van der Waals surface area contributed by atoms with E-state index in [0.717, 1.165) is 5.56 Å². The number of benzene rings is 2. The van der Waals surface area contributed by atoms with E-state index < -0.39 is 5.97 Å². The van der Waals surface area contributed by atoms with Gasteiger partial charge in [0.2, 0.25) is 5.91 Å². The molecule has 1 saturated carbocycles. The van der Waals surface area contributed by atoms with Gasteiger partial charge in [0.25, 0.3) is 5.91 Å². The standard InChI is InChI=1S/C27H30N2O5S/c30-25(19-6-10-22(11-7-19)34-23-12-8-20(9-13-23)27(32)33)28-14-15-29-26(31)24-16-21(17-35-24)18-4-2-1-3-5-18/h1-7,10-11,17,20,23-24H,8-9,12-16H2,(H,28,30)(H,29,31)(H,32,33). The van der Waals surface area contributed by atoms with E-state index in [1.54, 1.807) is 24.3 Å². The number of allylic oxidation sites excluding steroid dienone is 1. The van der Waals surface area contributed by atoms with Crippen LogP contribution in [0, 0.1) is 5.92 Å². The second-order valence-corrected chi connectivity index (χ2v) is 9.92. The fraction of sp³-hybridized carbons (Fsp3) is 0.370. The molecular formula is C27H30N2O5S. The summed E-state index contributed by atoms with van der Waals surface area (Å²) in [5.41, 5.74) is 2.83. The summed E-state index contributed by atoms with van der Waals surface area (Å²) in [6, 6.07) is 17.0. The van der Waals surface area contributed by atoms with Gasteiger partial charge in [-0.15, -0.1) is 11.8 Å². The second kappa shape index (κ2) is 11.9. The van der Waals surface area contributed by atoms with Crippen molar-refractivity contribution in [1.82, 2.24) is 10.6 Å². The van der Waals surface area contributed by atoms with E-state index in [0.29, 0.717) is 56.5 Å². The van der Waals surface area contributed by atoms with Crippen molar-refractivity contribution in [2.45, 2.75) is 43.5 Å². The highest BCUT2D eigenvalue weighted by Gasteiger charge is 2.27. The molecule has 1 atom stereocenters. The number of thioether (sulfide) groups is 1. The van der Waals surface area contributed by atoms with Gasteiger partial charge in [-0.3, -0.25) is 14.4 Å². The molecule has 0 saturated heterocycles. The first-order valence-electron chi connectivity index (χ1n) is 11.9. The largest absolute Gasteiger partial charge is 0.490 e. The van der Waals surface area contributed by atoms with Crippen molar-refractivity contribution in [1.29, 1.82) is 0 Å².